The standard InChI is InChI=1S/C18H16N4O4S/c1-11-20-16(26-21-11)9-22-14-7-12(4-5-15(14)27-10-17(22)23)18(24)19-8-13-3-2-6-25-13/h2-7H,8-10H2,1H3,(H,19,24). The molecule has 0 saturated heterocycles. The van der Waals surface area contributed by atoms with Gasteiger partial charge in [-0.25, -0.2) is 0 Å². The number of fused-ring (bicyclic) bond motifs is 1. The van der Waals surface area contributed by atoms with Crippen LogP contribution in [0.5, 0.6) is 0 Å². The van der Waals surface area contributed by atoms with Crippen molar-refractivity contribution in [1.29, 1.82) is 0 Å². The topological polar surface area (TPSA) is 101 Å². The summed E-state index contributed by atoms with van der Waals surface area (Å²) in [6.07, 6.45) is 1.56. The van der Waals surface area contributed by atoms with Crippen molar-refractivity contribution in [3.63, 3.8) is 0 Å². The molecule has 0 bridgehead atoms. The molecule has 1 aromatic carbocycles. The number of amides is 2. The minimum atomic E-state index is -0.245. The first-order valence-electron chi connectivity index (χ1n) is 8.27. The average molecular weight is 384 g/mol. The maximum absolute atomic E-state index is 12.5. The third-order valence-corrected chi connectivity index (χ3v) is 5.08. The summed E-state index contributed by atoms with van der Waals surface area (Å²) >= 11 is 1.44. The van der Waals surface area contributed by atoms with Gasteiger partial charge in [0.1, 0.15) is 12.3 Å². The van der Waals surface area contributed by atoms with Crippen molar-refractivity contribution in [3.05, 3.63) is 59.6 Å². The van der Waals surface area contributed by atoms with E-state index in [1.165, 1.54) is 11.8 Å². The summed E-state index contributed by atoms with van der Waals surface area (Å²) in [6, 6.07) is 8.85. The molecule has 3 aromatic rings. The fourth-order valence-corrected chi connectivity index (χ4v) is 3.65. The van der Waals surface area contributed by atoms with E-state index in [4.69, 9.17) is 8.94 Å². The first-order chi connectivity index (χ1) is 13.1. The SMILES string of the molecule is Cc1noc(CN2C(=O)CSc3ccc(C(=O)NCc4ccco4)cc32)n1. The van der Waals surface area contributed by atoms with Crippen LogP contribution in [0.15, 0.2) is 50.4 Å². The number of furan rings is 1. The molecule has 8 nitrogen and oxygen atoms in total. The van der Waals surface area contributed by atoms with Crippen LogP contribution in [0.3, 0.4) is 0 Å². The van der Waals surface area contributed by atoms with Crippen LogP contribution in [-0.2, 0) is 17.9 Å². The van der Waals surface area contributed by atoms with E-state index in [0.29, 0.717) is 41.0 Å². The first-order valence-corrected chi connectivity index (χ1v) is 9.26. The number of hydrogen-bond acceptors (Lipinski definition) is 7. The van der Waals surface area contributed by atoms with Crippen molar-refractivity contribution in [2.75, 3.05) is 10.7 Å². The van der Waals surface area contributed by atoms with E-state index in [1.807, 2.05) is 6.07 Å². The van der Waals surface area contributed by atoms with Crippen molar-refractivity contribution < 1.29 is 18.5 Å². The number of aryl methyl sites for hydroxylation is 1. The zero-order chi connectivity index (χ0) is 18.8. The third-order valence-electron chi connectivity index (χ3n) is 4.03. The number of hydrogen-bond donors (Lipinski definition) is 1. The van der Waals surface area contributed by atoms with Gasteiger partial charge in [0.15, 0.2) is 5.82 Å². The van der Waals surface area contributed by atoms with Crippen LogP contribution in [0.25, 0.3) is 0 Å². The molecule has 9 heteroatoms. The van der Waals surface area contributed by atoms with Crippen molar-refractivity contribution in [2.24, 2.45) is 0 Å². The summed E-state index contributed by atoms with van der Waals surface area (Å²) in [5, 5.41) is 6.56. The second-order valence-electron chi connectivity index (χ2n) is 5.95. The summed E-state index contributed by atoms with van der Waals surface area (Å²) in [4.78, 5) is 31.6. The number of carbonyl (C=O) groups excluding carboxylic acids is 2. The molecular weight excluding hydrogens is 368 g/mol. The zero-order valence-electron chi connectivity index (χ0n) is 14.5. The minimum absolute atomic E-state index is 0.0727. The molecule has 0 spiro atoms. The molecule has 0 aliphatic carbocycles. The fraction of sp³-hybridized carbons (Fsp3) is 0.222. The molecule has 2 amide bonds. The third kappa shape index (κ3) is 3.72. The van der Waals surface area contributed by atoms with Crippen molar-refractivity contribution in [2.45, 2.75) is 24.9 Å². The highest BCUT2D eigenvalue weighted by molar-refractivity contribution is 8.00. The Morgan fingerprint density at radius 2 is 2.26 bits per heavy atom. The molecule has 0 radical (unpaired) electrons. The number of thioether (sulfide) groups is 1. The van der Waals surface area contributed by atoms with Gasteiger partial charge in [0.2, 0.25) is 11.8 Å². The van der Waals surface area contributed by atoms with Crippen molar-refractivity contribution in [3.8, 4) is 0 Å². The second kappa shape index (κ2) is 7.28. The Kier molecular flexibility index (Phi) is 4.68. The van der Waals surface area contributed by atoms with Crippen LogP contribution in [0.4, 0.5) is 5.69 Å². The Labute approximate surface area is 158 Å². The van der Waals surface area contributed by atoms with Gasteiger partial charge in [-0.1, -0.05) is 5.16 Å². The normalized spacial score (nSPS) is 13.5. The molecule has 2 aromatic heterocycles. The molecule has 1 N–H and O–H groups in total. The van der Waals surface area contributed by atoms with Gasteiger partial charge < -0.3 is 19.2 Å². The van der Waals surface area contributed by atoms with Gasteiger partial charge in [-0.2, -0.15) is 4.98 Å². The number of rotatable bonds is 5. The number of aromatic nitrogens is 2. The van der Waals surface area contributed by atoms with Gasteiger partial charge in [0.25, 0.3) is 5.91 Å². The van der Waals surface area contributed by atoms with E-state index in [0.717, 1.165) is 4.90 Å². The minimum Gasteiger partial charge on any atom is -0.467 e. The Balaban J connectivity index is 1.56. The maximum atomic E-state index is 12.5. The quantitative estimate of drug-likeness (QED) is 0.721. The summed E-state index contributed by atoms with van der Waals surface area (Å²) < 4.78 is 10.4. The predicted octanol–water partition coefficient (Wildman–Crippen LogP) is 2.54. The van der Waals surface area contributed by atoms with Crippen molar-refractivity contribution in [1.82, 2.24) is 15.5 Å². The smallest absolute Gasteiger partial charge is 0.251 e. The van der Waals surface area contributed by atoms with Crippen LogP contribution < -0.4 is 10.2 Å². The van der Waals surface area contributed by atoms with E-state index >= 15 is 0 Å². The van der Waals surface area contributed by atoms with Gasteiger partial charge in [0, 0.05) is 10.5 Å². The maximum Gasteiger partial charge on any atom is 0.251 e. The van der Waals surface area contributed by atoms with Gasteiger partial charge in [0.05, 0.1) is 24.2 Å². The average Bonchev–Trinajstić information content (AvgIpc) is 3.33. The van der Waals surface area contributed by atoms with Crippen LogP contribution in [0, 0.1) is 6.92 Å². The lowest BCUT2D eigenvalue weighted by molar-refractivity contribution is -0.116. The first kappa shape index (κ1) is 17.3. The second-order valence-corrected chi connectivity index (χ2v) is 6.97. The Morgan fingerprint density at radius 3 is 3.00 bits per heavy atom. The van der Waals surface area contributed by atoms with Crippen molar-refractivity contribution >= 4 is 29.3 Å². The molecular formula is C18H16N4O4S. The molecule has 0 saturated carbocycles. The zero-order valence-corrected chi connectivity index (χ0v) is 15.3. The Bertz CT molecular complexity index is 983. The van der Waals surface area contributed by atoms with E-state index in [9.17, 15) is 9.59 Å². The van der Waals surface area contributed by atoms with E-state index in [2.05, 4.69) is 15.5 Å². The van der Waals surface area contributed by atoms with E-state index in [1.54, 1.807) is 42.4 Å². The number of nitrogens with one attached hydrogen (secondary N) is 1. The highest BCUT2D eigenvalue weighted by Gasteiger charge is 2.27. The Morgan fingerprint density at radius 1 is 1.37 bits per heavy atom. The molecule has 0 fully saturated rings. The molecule has 3 heterocycles. The lowest BCUT2D eigenvalue weighted by atomic mass is 10.1. The lowest BCUT2D eigenvalue weighted by Gasteiger charge is -2.28. The summed E-state index contributed by atoms with van der Waals surface area (Å²) in [6.45, 7) is 2.18. The molecule has 0 unspecified atom stereocenters. The number of carbonyl (C=O) groups is 2. The molecule has 1 aliphatic rings. The lowest BCUT2D eigenvalue weighted by Crippen LogP contribution is -2.35. The Hall–Kier alpha value is -3.07. The molecule has 27 heavy (non-hydrogen) atoms. The summed E-state index contributed by atoms with van der Waals surface area (Å²) in [5.41, 5.74) is 1.13. The monoisotopic (exact) mass is 384 g/mol. The fourth-order valence-electron chi connectivity index (χ4n) is 2.74. The molecule has 4 rings (SSSR count). The van der Waals surface area contributed by atoms with Crippen LogP contribution in [0.2, 0.25) is 0 Å². The number of nitrogens with zero attached hydrogens (tertiary/aromatic N) is 3. The van der Waals surface area contributed by atoms with Crippen LogP contribution in [-0.4, -0.2) is 27.7 Å². The van der Waals surface area contributed by atoms with Crippen LogP contribution >= 0.6 is 11.8 Å². The molecule has 138 valence electrons. The van der Waals surface area contributed by atoms with Gasteiger partial charge in [-0.3, -0.25) is 9.59 Å². The summed E-state index contributed by atoms with van der Waals surface area (Å²) in [7, 11) is 0. The molecule has 0 atom stereocenters. The van der Waals surface area contributed by atoms with Gasteiger partial charge in [-0.05, 0) is 37.3 Å². The summed E-state index contributed by atoms with van der Waals surface area (Å²) in [5.74, 6) is 1.54. The number of benzene rings is 1. The number of anilines is 1. The highest BCUT2D eigenvalue weighted by atomic mass is 32.2. The van der Waals surface area contributed by atoms with Gasteiger partial charge >= 0.3 is 0 Å². The van der Waals surface area contributed by atoms with E-state index < -0.39 is 0 Å². The molecule has 1 aliphatic heterocycles. The van der Waals surface area contributed by atoms with Gasteiger partial charge in [-0.15, -0.1) is 11.8 Å². The highest BCUT2D eigenvalue weighted by Crippen LogP contribution is 2.36. The van der Waals surface area contributed by atoms with E-state index in [-0.39, 0.29) is 18.4 Å². The largest absolute Gasteiger partial charge is 0.467 e. The van der Waals surface area contributed by atoms with Crippen LogP contribution in [0.1, 0.15) is 27.8 Å². The predicted molar refractivity (Wildman–Crippen MR) is 97.3 cm³/mol.